The molecule has 0 radical (unpaired) electrons. The zero-order valence-electron chi connectivity index (χ0n) is 11.2. The van der Waals surface area contributed by atoms with Gasteiger partial charge in [0.15, 0.2) is 0 Å². The van der Waals surface area contributed by atoms with Gasteiger partial charge in [-0.2, -0.15) is 5.10 Å². The fourth-order valence-corrected chi connectivity index (χ4v) is 2.67. The molecule has 0 bridgehead atoms. The van der Waals surface area contributed by atoms with E-state index in [2.05, 4.69) is 15.3 Å². The zero-order chi connectivity index (χ0) is 13.1. The molecule has 3 rings (SSSR count). The van der Waals surface area contributed by atoms with E-state index in [1.54, 1.807) is 6.20 Å². The van der Waals surface area contributed by atoms with Gasteiger partial charge in [-0.05, 0) is 6.07 Å². The number of piperazine rings is 1. The van der Waals surface area contributed by atoms with Crippen LogP contribution in [0.2, 0.25) is 0 Å². The van der Waals surface area contributed by atoms with E-state index in [1.165, 1.54) is 0 Å². The number of aromatic nitrogens is 2. The molecule has 2 saturated heterocycles. The third-order valence-electron chi connectivity index (χ3n) is 4.06. The van der Waals surface area contributed by atoms with Gasteiger partial charge in [-0.3, -0.25) is 14.4 Å². The van der Waals surface area contributed by atoms with E-state index in [4.69, 9.17) is 0 Å². The van der Waals surface area contributed by atoms with Crippen LogP contribution in [0, 0.1) is 0 Å². The number of nitrogens with zero attached hydrogens (tertiary/aromatic N) is 4. The van der Waals surface area contributed by atoms with E-state index in [1.807, 2.05) is 21.8 Å². The van der Waals surface area contributed by atoms with Crippen molar-refractivity contribution in [2.45, 2.75) is 19.0 Å². The Bertz CT molecular complexity index is 407. The molecular weight excluding hydrogens is 242 g/mol. The van der Waals surface area contributed by atoms with Crippen molar-refractivity contribution in [1.29, 1.82) is 0 Å². The third-order valence-corrected chi connectivity index (χ3v) is 4.06. The molecule has 0 saturated carbocycles. The summed E-state index contributed by atoms with van der Waals surface area (Å²) in [5.41, 5.74) is 0. The molecule has 0 atom stereocenters. The van der Waals surface area contributed by atoms with Crippen LogP contribution in [0.5, 0.6) is 0 Å². The molecule has 2 aliphatic heterocycles. The first kappa shape index (κ1) is 12.6. The SMILES string of the molecule is O=C(CCn1cccn1)N1CCN(C2CNC2)CC1. The molecule has 1 aromatic rings. The van der Waals surface area contributed by atoms with Crippen LogP contribution in [0.25, 0.3) is 0 Å². The second-order valence-corrected chi connectivity index (χ2v) is 5.25. The number of hydrogen-bond donors (Lipinski definition) is 1. The van der Waals surface area contributed by atoms with E-state index >= 15 is 0 Å². The summed E-state index contributed by atoms with van der Waals surface area (Å²) < 4.78 is 1.81. The molecule has 2 fully saturated rings. The lowest BCUT2D eigenvalue weighted by Gasteiger charge is -2.43. The predicted octanol–water partition coefficient (Wildman–Crippen LogP) is -0.611. The molecule has 1 amide bonds. The maximum absolute atomic E-state index is 12.1. The molecular formula is C13H21N5O. The highest BCUT2D eigenvalue weighted by atomic mass is 16.2. The summed E-state index contributed by atoms with van der Waals surface area (Å²) in [6, 6.07) is 2.58. The third kappa shape index (κ3) is 2.96. The maximum atomic E-state index is 12.1. The van der Waals surface area contributed by atoms with E-state index < -0.39 is 0 Å². The highest BCUT2D eigenvalue weighted by Crippen LogP contribution is 2.10. The van der Waals surface area contributed by atoms with E-state index in [-0.39, 0.29) is 5.91 Å². The van der Waals surface area contributed by atoms with Crippen LogP contribution in [-0.4, -0.2) is 70.8 Å². The Morgan fingerprint density at radius 3 is 2.63 bits per heavy atom. The van der Waals surface area contributed by atoms with Gasteiger partial charge in [0.05, 0.1) is 0 Å². The molecule has 0 spiro atoms. The second-order valence-electron chi connectivity index (χ2n) is 5.25. The van der Waals surface area contributed by atoms with Crippen molar-refractivity contribution in [3.05, 3.63) is 18.5 Å². The first-order chi connectivity index (χ1) is 9.33. The van der Waals surface area contributed by atoms with Crippen LogP contribution in [0.4, 0.5) is 0 Å². The fourth-order valence-electron chi connectivity index (χ4n) is 2.67. The van der Waals surface area contributed by atoms with Crippen LogP contribution in [-0.2, 0) is 11.3 Å². The highest BCUT2D eigenvalue weighted by Gasteiger charge is 2.28. The molecule has 104 valence electrons. The van der Waals surface area contributed by atoms with Gasteiger partial charge in [0.1, 0.15) is 0 Å². The van der Waals surface area contributed by atoms with Crippen LogP contribution < -0.4 is 5.32 Å². The topological polar surface area (TPSA) is 53.4 Å². The molecule has 0 aromatic carbocycles. The van der Waals surface area contributed by atoms with Crippen molar-refractivity contribution >= 4 is 5.91 Å². The molecule has 6 heteroatoms. The van der Waals surface area contributed by atoms with Gasteiger partial charge in [0.25, 0.3) is 0 Å². The van der Waals surface area contributed by atoms with Gasteiger partial charge in [-0.15, -0.1) is 0 Å². The van der Waals surface area contributed by atoms with Gasteiger partial charge < -0.3 is 10.2 Å². The van der Waals surface area contributed by atoms with Gasteiger partial charge in [-0.25, -0.2) is 0 Å². The van der Waals surface area contributed by atoms with Crippen molar-refractivity contribution in [2.24, 2.45) is 0 Å². The van der Waals surface area contributed by atoms with E-state index in [0.717, 1.165) is 39.3 Å². The zero-order valence-corrected chi connectivity index (χ0v) is 11.2. The van der Waals surface area contributed by atoms with Crippen molar-refractivity contribution in [3.63, 3.8) is 0 Å². The quantitative estimate of drug-likeness (QED) is 0.787. The first-order valence-corrected chi connectivity index (χ1v) is 7.03. The van der Waals surface area contributed by atoms with E-state index in [9.17, 15) is 4.79 Å². The number of aryl methyl sites for hydroxylation is 1. The minimum absolute atomic E-state index is 0.252. The number of carbonyl (C=O) groups is 1. The predicted molar refractivity (Wildman–Crippen MR) is 71.7 cm³/mol. The Balaban J connectivity index is 1.41. The minimum Gasteiger partial charge on any atom is -0.340 e. The van der Waals surface area contributed by atoms with Crippen LogP contribution in [0.15, 0.2) is 18.5 Å². The molecule has 0 unspecified atom stereocenters. The normalized spacial score (nSPS) is 21.4. The summed E-state index contributed by atoms with van der Waals surface area (Å²) in [5.74, 6) is 0.252. The van der Waals surface area contributed by atoms with Gasteiger partial charge in [0.2, 0.25) is 5.91 Å². The Morgan fingerprint density at radius 1 is 1.26 bits per heavy atom. The Hall–Kier alpha value is -1.40. The van der Waals surface area contributed by atoms with Crippen molar-refractivity contribution in [3.8, 4) is 0 Å². The largest absolute Gasteiger partial charge is 0.340 e. The van der Waals surface area contributed by atoms with Crippen molar-refractivity contribution < 1.29 is 4.79 Å². The molecule has 19 heavy (non-hydrogen) atoms. The molecule has 0 aliphatic carbocycles. The van der Waals surface area contributed by atoms with Crippen molar-refractivity contribution in [2.75, 3.05) is 39.3 Å². The maximum Gasteiger partial charge on any atom is 0.224 e. The lowest BCUT2D eigenvalue weighted by Crippen LogP contribution is -2.62. The van der Waals surface area contributed by atoms with Gasteiger partial charge >= 0.3 is 0 Å². The molecule has 3 heterocycles. The first-order valence-electron chi connectivity index (χ1n) is 7.03. The van der Waals surface area contributed by atoms with Gasteiger partial charge in [0, 0.05) is 70.7 Å². The summed E-state index contributed by atoms with van der Waals surface area (Å²) in [5, 5.41) is 7.41. The lowest BCUT2D eigenvalue weighted by atomic mass is 10.1. The van der Waals surface area contributed by atoms with Gasteiger partial charge in [-0.1, -0.05) is 0 Å². The van der Waals surface area contributed by atoms with E-state index in [0.29, 0.717) is 19.0 Å². The van der Waals surface area contributed by atoms with Crippen LogP contribution >= 0.6 is 0 Å². The Labute approximate surface area is 113 Å². The standard InChI is InChI=1S/C13H21N5O/c19-13(2-5-18-4-1-3-15-18)17-8-6-16(7-9-17)12-10-14-11-12/h1,3-4,12,14H,2,5-11H2. The highest BCUT2D eigenvalue weighted by molar-refractivity contribution is 5.76. The number of nitrogens with one attached hydrogen (secondary N) is 1. The second kappa shape index (κ2) is 5.71. The summed E-state index contributed by atoms with van der Waals surface area (Å²) in [4.78, 5) is 16.6. The molecule has 6 nitrogen and oxygen atoms in total. The van der Waals surface area contributed by atoms with Crippen LogP contribution in [0.3, 0.4) is 0 Å². The number of hydrogen-bond acceptors (Lipinski definition) is 4. The summed E-state index contributed by atoms with van der Waals surface area (Å²) >= 11 is 0. The number of rotatable bonds is 4. The monoisotopic (exact) mass is 263 g/mol. The molecule has 2 aliphatic rings. The van der Waals surface area contributed by atoms with Crippen LogP contribution in [0.1, 0.15) is 6.42 Å². The number of amides is 1. The molecule has 1 N–H and O–H groups in total. The lowest BCUT2D eigenvalue weighted by molar-refractivity contribution is -0.133. The smallest absolute Gasteiger partial charge is 0.224 e. The Morgan fingerprint density at radius 2 is 2.05 bits per heavy atom. The summed E-state index contributed by atoms with van der Waals surface area (Å²) in [6.45, 7) is 6.65. The summed E-state index contributed by atoms with van der Waals surface area (Å²) in [6.07, 6.45) is 4.19. The average molecular weight is 263 g/mol. The minimum atomic E-state index is 0.252. The average Bonchev–Trinajstić information content (AvgIpc) is 2.88. The Kier molecular flexibility index (Phi) is 3.79. The molecule has 1 aromatic heterocycles. The fraction of sp³-hybridized carbons (Fsp3) is 0.692. The number of carbonyl (C=O) groups excluding carboxylic acids is 1. The van der Waals surface area contributed by atoms with Crippen molar-refractivity contribution in [1.82, 2.24) is 24.9 Å². The summed E-state index contributed by atoms with van der Waals surface area (Å²) in [7, 11) is 0.